The lowest BCUT2D eigenvalue weighted by molar-refractivity contribution is 0.867. The van der Waals surface area contributed by atoms with Gasteiger partial charge in [-0.15, -0.1) is 0 Å². The van der Waals surface area contributed by atoms with Crippen LogP contribution in [0.4, 0.5) is 17.1 Å². The second-order valence-corrected chi connectivity index (χ2v) is 5.17. The van der Waals surface area contributed by atoms with Crippen LogP contribution in [0, 0.1) is 0 Å². The Hall–Kier alpha value is -2.22. The Kier molecular flexibility index (Phi) is 2.79. The maximum Gasteiger partial charge on any atom is 0.108 e. The summed E-state index contributed by atoms with van der Waals surface area (Å²) < 4.78 is 0. The van der Waals surface area contributed by atoms with Crippen LogP contribution >= 0.6 is 0 Å². The van der Waals surface area contributed by atoms with Gasteiger partial charge in [-0.2, -0.15) is 0 Å². The van der Waals surface area contributed by atoms with Crippen molar-refractivity contribution in [3.8, 4) is 0 Å². The number of nitrogens with zero attached hydrogens (tertiary/aromatic N) is 1. The summed E-state index contributed by atoms with van der Waals surface area (Å²) in [6.45, 7) is 8.54. The number of benzene rings is 2. The van der Waals surface area contributed by atoms with Gasteiger partial charge < -0.3 is 5.32 Å². The summed E-state index contributed by atoms with van der Waals surface area (Å²) >= 11 is 0. The normalized spacial score (nSPS) is 13.6. The Morgan fingerprint density at radius 1 is 1.05 bits per heavy atom. The number of rotatable bonds is 2. The van der Waals surface area contributed by atoms with E-state index in [0.717, 1.165) is 17.2 Å². The zero-order chi connectivity index (χ0) is 13.4. The number of fused-ring (bicyclic) bond motifs is 1. The fourth-order valence-corrected chi connectivity index (χ4v) is 2.43. The van der Waals surface area contributed by atoms with Crippen molar-refractivity contribution < 1.29 is 0 Å². The monoisotopic (exact) mass is 250 g/mol. The van der Waals surface area contributed by atoms with Gasteiger partial charge in [0.15, 0.2) is 0 Å². The topological polar surface area (TPSA) is 15.3 Å². The smallest absolute Gasteiger partial charge is 0.108 e. The van der Waals surface area contributed by atoms with Gasteiger partial charge in [0.2, 0.25) is 0 Å². The molecule has 0 atom stereocenters. The average molecular weight is 250 g/mol. The minimum absolute atomic E-state index is 0.525. The second kappa shape index (κ2) is 4.47. The third-order valence-corrected chi connectivity index (χ3v) is 3.49. The zero-order valence-corrected chi connectivity index (χ0v) is 11.4. The van der Waals surface area contributed by atoms with E-state index >= 15 is 0 Å². The number of hydrogen-bond acceptors (Lipinski definition) is 2. The standard InChI is InChI=1S/C17H18N2/c1-12(2)14-9-10-16-17(11-14)19(13(3)18-16)15-7-5-4-6-8-15/h4-12,18H,3H2,1-2H3. The van der Waals surface area contributed by atoms with Gasteiger partial charge in [-0.25, -0.2) is 0 Å². The largest absolute Gasteiger partial charge is 0.340 e. The van der Waals surface area contributed by atoms with E-state index in [1.54, 1.807) is 0 Å². The molecule has 2 heteroatoms. The van der Waals surface area contributed by atoms with Crippen LogP contribution in [0.3, 0.4) is 0 Å². The lowest BCUT2D eigenvalue weighted by Gasteiger charge is -2.20. The highest BCUT2D eigenvalue weighted by atomic mass is 15.3. The highest BCUT2D eigenvalue weighted by molar-refractivity contribution is 5.87. The molecule has 2 aromatic carbocycles. The van der Waals surface area contributed by atoms with E-state index in [2.05, 4.69) is 61.0 Å². The molecule has 0 saturated carbocycles. The van der Waals surface area contributed by atoms with Crippen LogP contribution in [0.1, 0.15) is 25.3 Å². The van der Waals surface area contributed by atoms with Crippen LogP contribution in [-0.2, 0) is 0 Å². The lowest BCUT2D eigenvalue weighted by Crippen LogP contribution is -2.13. The number of nitrogens with one attached hydrogen (secondary N) is 1. The number of anilines is 3. The van der Waals surface area contributed by atoms with E-state index in [4.69, 9.17) is 0 Å². The first-order valence-electron chi connectivity index (χ1n) is 6.62. The molecule has 0 aliphatic carbocycles. The Balaban J connectivity index is 2.10. The van der Waals surface area contributed by atoms with Gasteiger partial charge in [0.1, 0.15) is 5.82 Å². The predicted molar refractivity (Wildman–Crippen MR) is 81.9 cm³/mol. The van der Waals surface area contributed by atoms with Crippen LogP contribution in [0.15, 0.2) is 60.9 Å². The highest BCUT2D eigenvalue weighted by Crippen LogP contribution is 2.42. The van der Waals surface area contributed by atoms with Gasteiger partial charge in [0.25, 0.3) is 0 Å². The van der Waals surface area contributed by atoms with Crippen LogP contribution in [-0.4, -0.2) is 0 Å². The molecule has 3 rings (SSSR count). The minimum atomic E-state index is 0.525. The Morgan fingerprint density at radius 2 is 1.79 bits per heavy atom. The van der Waals surface area contributed by atoms with E-state index in [-0.39, 0.29) is 0 Å². The van der Waals surface area contributed by atoms with Crippen LogP contribution in [0.2, 0.25) is 0 Å². The third kappa shape index (κ3) is 1.99. The van der Waals surface area contributed by atoms with Gasteiger partial charge in [-0.05, 0) is 35.7 Å². The van der Waals surface area contributed by atoms with Gasteiger partial charge in [0.05, 0.1) is 11.4 Å². The van der Waals surface area contributed by atoms with Crippen molar-refractivity contribution in [1.29, 1.82) is 0 Å². The summed E-state index contributed by atoms with van der Waals surface area (Å²) in [4.78, 5) is 2.17. The molecule has 0 radical (unpaired) electrons. The molecule has 1 aliphatic heterocycles. The lowest BCUT2D eigenvalue weighted by atomic mass is 10.0. The maximum atomic E-state index is 4.12. The first-order valence-corrected chi connectivity index (χ1v) is 6.62. The molecule has 0 fully saturated rings. The van der Waals surface area contributed by atoms with Crippen molar-refractivity contribution in [1.82, 2.24) is 0 Å². The van der Waals surface area contributed by atoms with Crippen molar-refractivity contribution in [2.75, 3.05) is 10.2 Å². The predicted octanol–water partition coefficient (Wildman–Crippen LogP) is 4.84. The van der Waals surface area contributed by atoms with Crippen LogP contribution in [0.25, 0.3) is 0 Å². The molecule has 2 aromatic rings. The first kappa shape index (κ1) is 11.8. The molecule has 0 saturated heterocycles. The van der Waals surface area contributed by atoms with E-state index in [1.807, 2.05) is 18.2 Å². The van der Waals surface area contributed by atoms with Crippen molar-refractivity contribution in [2.45, 2.75) is 19.8 Å². The van der Waals surface area contributed by atoms with E-state index in [9.17, 15) is 0 Å². The Morgan fingerprint density at radius 3 is 2.47 bits per heavy atom. The molecule has 0 aromatic heterocycles. The summed E-state index contributed by atoms with van der Waals surface area (Å²) in [7, 11) is 0. The molecule has 0 bridgehead atoms. The average Bonchev–Trinajstić information content (AvgIpc) is 2.74. The van der Waals surface area contributed by atoms with Crippen molar-refractivity contribution >= 4 is 17.1 Å². The van der Waals surface area contributed by atoms with Gasteiger partial charge in [-0.3, -0.25) is 4.90 Å². The highest BCUT2D eigenvalue weighted by Gasteiger charge is 2.24. The summed E-state index contributed by atoms with van der Waals surface area (Å²) in [5.74, 6) is 1.43. The SMILES string of the molecule is C=C1Nc2ccc(C(C)C)cc2N1c1ccccc1. The van der Waals surface area contributed by atoms with Gasteiger partial charge in [-0.1, -0.05) is 44.7 Å². The van der Waals surface area contributed by atoms with Crippen molar-refractivity contribution in [2.24, 2.45) is 0 Å². The first-order chi connectivity index (χ1) is 9.16. The maximum absolute atomic E-state index is 4.12. The molecule has 1 N–H and O–H groups in total. The third-order valence-electron chi connectivity index (χ3n) is 3.49. The Bertz CT molecular complexity index is 614. The quantitative estimate of drug-likeness (QED) is 0.820. The molecule has 19 heavy (non-hydrogen) atoms. The van der Waals surface area contributed by atoms with Crippen LogP contribution < -0.4 is 10.2 Å². The summed E-state index contributed by atoms with van der Waals surface area (Å²) in [5, 5.41) is 3.34. The van der Waals surface area contributed by atoms with Gasteiger partial charge >= 0.3 is 0 Å². The second-order valence-electron chi connectivity index (χ2n) is 5.17. The fourth-order valence-electron chi connectivity index (χ4n) is 2.43. The van der Waals surface area contributed by atoms with E-state index < -0.39 is 0 Å². The van der Waals surface area contributed by atoms with Gasteiger partial charge in [0, 0.05) is 5.69 Å². The number of hydrogen-bond donors (Lipinski definition) is 1. The zero-order valence-electron chi connectivity index (χ0n) is 11.4. The molecule has 96 valence electrons. The van der Waals surface area contributed by atoms with Crippen LogP contribution in [0.5, 0.6) is 0 Å². The molecule has 0 unspecified atom stereocenters. The number of para-hydroxylation sites is 1. The fraction of sp³-hybridized carbons (Fsp3) is 0.176. The Labute approximate surface area is 114 Å². The van der Waals surface area contributed by atoms with Crippen molar-refractivity contribution in [3.63, 3.8) is 0 Å². The summed E-state index contributed by atoms with van der Waals surface area (Å²) in [6.07, 6.45) is 0. The van der Waals surface area contributed by atoms with E-state index in [0.29, 0.717) is 5.92 Å². The van der Waals surface area contributed by atoms with E-state index in [1.165, 1.54) is 11.3 Å². The molecule has 1 aliphatic rings. The molecule has 1 heterocycles. The summed E-state index contributed by atoms with van der Waals surface area (Å²) in [6, 6.07) is 16.9. The molecular formula is C17H18N2. The molecule has 0 amide bonds. The molecule has 2 nitrogen and oxygen atoms in total. The minimum Gasteiger partial charge on any atom is -0.340 e. The van der Waals surface area contributed by atoms with Crippen molar-refractivity contribution in [3.05, 3.63) is 66.5 Å². The summed E-state index contributed by atoms with van der Waals surface area (Å²) in [5.41, 5.74) is 4.79. The molecule has 0 spiro atoms. The molecular weight excluding hydrogens is 232 g/mol.